The molecule has 0 aliphatic carbocycles. The van der Waals surface area contributed by atoms with Crippen LogP contribution in [0.3, 0.4) is 0 Å². The molecular formula is C21H32N6O2. The van der Waals surface area contributed by atoms with Gasteiger partial charge in [-0.25, -0.2) is 4.68 Å². The number of piperazine rings is 1. The van der Waals surface area contributed by atoms with Crippen molar-refractivity contribution in [2.24, 2.45) is 5.92 Å². The molecule has 0 amide bonds. The highest BCUT2D eigenvalue weighted by Gasteiger charge is 2.32. The summed E-state index contributed by atoms with van der Waals surface area (Å²) in [6, 6.07) is 8.53. The molecule has 0 unspecified atom stereocenters. The molecule has 0 N–H and O–H groups in total. The minimum absolute atomic E-state index is 0.212. The van der Waals surface area contributed by atoms with E-state index in [4.69, 9.17) is 9.47 Å². The highest BCUT2D eigenvalue weighted by molar-refractivity contribution is 5.49. The first-order valence-corrected chi connectivity index (χ1v) is 10.7. The molecule has 158 valence electrons. The maximum absolute atomic E-state index is 5.80. The molecule has 29 heavy (non-hydrogen) atoms. The van der Waals surface area contributed by atoms with Crippen LogP contribution >= 0.6 is 0 Å². The van der Waals surface area contributed by atoms with Crippen molar-refractivity contribution in [3.05, 3.63) is 30.1 Å². The number of nitrogens with zero attached hydrogens (tertiary/aromatic N) is 6. The van der Waals surface area contributed by atoms with E-state index in [1.165, 1.54) is 5.69 Å². The average Bonchev–Trinajstić information content (AvgIpc) is 3.42. The molecule has 8 nitrogen and oxygen atoms in total. The lowest BCUT2D eigenvalue weighted by atomic mass is 10.0. The highest BCUT2D eigenvalue weighted by Crippen LogP contribution is 2.30. The van der Waals surface area contributed by atoms with Crippen molar-refractivity contribution in [2.75, 3.05) is 44.8 Å². The van der Waals surface area contributed by atoms with Gasteiger partial charge in [0.05, 0.1) is 25.8 Å². The summed E-state index contributed by atoms with van der Waals surface area (Å²) in [6.45, 7) is 10.1. The van der Waals surface area contributed by atoms with Gasteiger partial charge in [-0.1, -0.05) is 13.8 Å². The van der Waals surface area contributed by atoms with Gasteiger partial charge < -0.3 is 14.4 Å². The number of aromatic nitrogens is 4. The summed E-state index contributed by atoms with van der Waals surface area (Å²) in [6.07, 6.45) is 2.45. The molecule has 2 saturated heterocycles. The zero-order valence-electron chi connectivity index (χ0n) is 17.7. The molecule has 1 aromatic carbocycles. The maximum atomic E-state index is 5.80. The van der Waals surface area contributed by atoms with E-state index in [0.29, 0.717) is 5.92 Å². The number of anilines is 1. The van der Waals surface area contributed by atoms with E-state index in [-0.39, 0.29) is 12.1 Å². The topological polar surface area (TPSA) is 68.5 Å². The van der Waals surface area contributed by atoms with Crippen LogP contribution in [0.25, 0.3) is 0 Å². The molecule has 2 atom stereocenters. The molecule has 4 rings (SSSR count). The number of hydrogen-bond acceptors (Lipinski definition) is 7. The molecule has 8 heteroatoms. The second-order valence-electron chi connectivity index (χ2n) is 8.26. The maximum Gasteiger partial charge on any atom is 0.168 e. The molecule has 2 fully saturated rings. The first-order valence-electron chi connectivity index (χ1n) is 10.7. The zero-order chi connectivity index (χ0) is 20.2. The molecule has 0 bridgehead atoms. The fourth-order valence-electron chi connectivity index (χ4n) is 4.47. The Kier molecular flexibility index (Phi) is 6.30. The Labute approximate surface area is 172 Å². The lowest BCUT2D eigenvalue weighted by Gasteiger charge is -2.41. The van der Waals surface area contributed by atoms with Crippen molar-refractivity contribution in [3.63, 3.8) is 0 Å². The normalized spacial score (nSPS) is 21.7. The van der Waals surface area contributed by atoms with Gasteiger partial charge >= 0.3 is 0 Å². The lowest BCUT2D eigenvalue weighted by molar-refractivity contribution is 0.0865. The van der Waals surface area contributed by atoms with Crippen LogP contribution in [0.5, 0.6) is 5.75 Å². The predicted molar refractivity (Wildman–Crippen MR) is 111 cm³/mol. The van der Waals surface area contributed by atoms with Crippen molar-refractivity contribution < 1.29 is 9.47 Å². The van der Waals surface area contributed by atoms with Crippen LogP contribution in [-0.2, 0) is 11.3 Å². The van der Waals surface area contributed by atoms with Gasteiger partial charge in [-0.05, 0) is 53.5 Å². The van der Waals surface area contributed by atoms with E-state index >= 15 is 0 Å². The van der Waals surface area contributed by atoms with Crippen molar-refractivity contribution in [1.82, 2.24) is 25.1 Å². The van der Waals surface area contributed by atoms with E-state index in [2.05, 4.69) is 51.3 Å². The van der Waals surface area contributed by atoms with E-state index in [1.807, 2.05) is 16.8 Å². The minimum atomic E-state index is 0.212. The summed E-state index contributed by atoms with van der Waals surface area (Å²) in [5.41, 5.74) is 1.25. The number of rotatable bonds is 7. The number of methoxy groups -OCH3 is 1. The van der Waals surface area contributed by atoms with E-state index < -0.39 is 0 Å². The fraction of sp³-hybridized carbons (Fsp3) is 0.667. The third-order valence-electron chi connectivity index (χ3n) is 6.00. The summed E-state index contributed by atoms with van der Waals surface area (Å²) in [5, 5.41) is 12.7. The van der Waals surface area contributed by atoms with Gasteiger partial charge in [0.2, 0.25) is 0 Å². The highest BCUT2D eigenvalue weighted by atomic mass is 16.5. The summed E-state index contributed by atoms with van der Waals surface area (Å²) in [5.74, 6) is 2.29. The molecule has 2 aliphatic rings. The third-order valence-corrected chi connectivity index (χ3v) is 6.00. The van der Waals surface area contributed by atoms with Crippen molar-refractivity contribution in [2.45, 2.75) is 45.4 Å². The summed E-state index contributed by atoms with van der Waals surface area (Å²) in [7, 11) is 1.70. The van der Waals surface area contributed by atoms with Crippen molar-refractivity contribution in [3.8, 4) is 5.75 Å². The van der Waals surface area contributed by atoms with Crippen LogP contribution in [0.4, 0.5) is 5.69 Å². The van der Waals surface area contributed by atoms with Gasteiger partial charge in [-0.2, -0.15) is 0 Å². The predicted octanol–water partition coefficient (Wildman–Crippen LogP) is 2.38. The quantitative estimate of drug-likeness (QED) is 0.707. The summed E-state index contributed by atoms with van der Waals surface area (Å²) in [4.78, 5) is 4.96. The van der Waals surface area contributed by atoms with Gasteiger partial charge in [-0.3, -0.25) is 4.90 Å². The lowest BCUT2D eigenvalue weighted by Crippen LogP contribution is -2.49. The largest absolute Gasteiger partial charge is 0.497 e. The van der Waals surface area contributed by atoms with Crippen LogP contribution < -0.4 is 9.64 Å². The zero-order valence-corrected chi connectivity index (χ0v) is 17.7. The number of ether oxygens (including phenoxy) is 2. The Morgan fingerprint density at radius 1 is 1.14 bits per heavy atom. The Morgan fingerprint density at radius 2 is 1.90 bits per heavy atom. The second kappa shape index (κ2) is 9.09. The first kappa shape index (κ1) is 20.1. The molecule has 1 aromatic heterocycles. The van der Waals surface area contributed by atoms with Crippen LogP contribution in [0.15, 0.2) is 24.3 Å². The van der Waals surface area contributed by atoms with Crippen molar-refractivity contribution in [1.29, 1.82) is 0 Å². The van der Waals surface area contributed by atoms with Crippen LogP contribution in [0.2, 0.25) is 0 Å². The Hall–Kier alpha value is -2.19. The first-order chi connectivity index (χ1) is 14.2. The van der Waals surface area contributed by atoms with Crippen LogP contribution in [-0.4, -0.2) is 71.1 Å². The van der Waals surface area contributed by atoms with Gasteiger partial charge in [0.25, 0.3) is 0 Å². The molecule has 0 saturated carbocycles. The van der Waals surface area contributed by atoms with Gasteiger partial charge in [0, 0.05) is 38.5 Å². The summed E-state index contributed by atoms with van der Waals surface area (Å²) >= 11 is 0. The number of benzene rings is 1. The average molecular weight is 401 g/mol. The van der Waals surface area contributed by atoms with Crippen LogP contribution in [0, 0.1) is 5.92 Å². The fourth-order valence-corrected chi connectivity index (χ4v) is 4.47. The molecule has 0 spiro atoms. The second-order valence-corrected chi connectivity index (χ2v) is 8.26. The van der Waals surface area contributed by atoms with Gasteiger partial charge in [0.15, 0.2) is 5.82 Å². The third kappa shape index (κ3) is 4.53. The molecule has 3 heterocycles. The van der Waals surface area contributed by atoms with E-state index in [0.717, 1.165) is 63.7 Å². The smallest absolute Gasteiger partial charge is 0.168 e. The van der Waals surface area contributed by atoms with E-state index in [9.17, 15) is 0 Å². The van der Waals surface area contributed by atoms with Crippen molar-refractivity contribution >= 4 is 5.69 Å². The molecule has 0 radical (unpaired) electrons. The van der Waals surface area contributed by atoms with Gasteiger partial charge in [-0.15, -0.1) is 5.10 Å². The SMILES string of the molecule is COc1ccc(N2CCN([C@@H](c3nnnn3C[C@@H]3CCCO3)C(C)C)CC2)cc1. The Morgan fingerprint density at radius 3 is 2.52 bits per heavy atom. The Bertz CT molecular complexity index is 764. The Balaban J connectivity index is 1.43. The monoisotopic (exact) mass is 400 g/mol. The summed E-state index contributed by atoms with van der Waals surface area (Å²) < 4.78 is 13.0. The van der Waals surface area contributed by atoms with Gasteiger partial charge in [0.1, 0.15) is 5.75 Å². The molecule has 2 aromatic rings. The van der Waals surface area contributed by atoms with E-state index in [1.54, 1.807) is 7.11 Å². The molecule has 2 aliphatic heterocycles. The molecular weight excluding hydrogens is 368 g/mol. The number of tetrazole rings is 1. The minimum Gasteiger partial charge on any atom is -0.497 e. The number of hydrogen-bond donors (Lipinski definition) is 0. The standard InChI is InChI=1S/C21H32N6O2/c1-16(2)20(21-22-23-24-27(21)15-19-5-4-14-29-19)26-12-10-25(11-13-26)17-6-8-18(28-3)9-7-17/h6-9,16,19-20H,4-5,10-15H2,1-3H3/t19-,20+/m0/s1. The van der Waals surface area contributed by atoms with Crippen LogP contribution in [0.1, 0.15) is 38.6 Å².